The molecule has 3 aromatic rings. The summed E-state index contributed by atoms with van der Waals surface area (Å²) in [6.07, 6.45) is 6.66. The average Bonchev–Trinajstić information content (AvgIpc) is 2.97. The van der Waals surface area contributed by atoms with Crippen LogP contribution in [-0.2, 0) is 26.2 Å². The number of carbonyl (C=O) groups is 2. The fraction of sp³-hybridized carbons (Fsp3) is 0.375. The molecule has 1 aliphatic carbocycles. The molecular weight excluding hydrogens is 538 g/mol. The zero-order valence-electron chi connectivity index (χ0n) is 23.7. The summed E-state index contributed by atoms with van der Waals surface area (Å²) in [6.45, 7) is 1.63. The van der Waals surface area contributed by atoms with Crippen molar-refractivity contribution in [3.05, 3.63) is 90.5 Å². The number of hydrogen-bond donors (Lipinski definition) is 1. The highest BCUT2D eigenvalue weighted by molar-refractivity contribution is 7.92. The van der Waals surface area contributed by atoms with Gasteiger partial charge in [-0.1, -0.05) is 74.7 Å². The first-order valence-electron chi connectivity index (χ1n) is 14.2. The summed E-state index contributed by atoms with van der Waals surface area (Å²) in [7, 11) is -3.82. The number of hydrogen-bond acceptors (Lipinski definition) is 5. The number of ether oxygens (including phenoxy) is 1. The average molecular weight is 578 g/mol. The van der Waals surface area contributed by atoms with E-state index in [0.717, 1.165) is 41.8 Å². The number of para-hydroxylation sites is 1. The number of anilines is 1. The fourth-order valence-electron chi connectivity index (χ4n) is 5.16. The van der Waals surface area contributed by atoms with Gasteiger partial charge in [-0.3, -0.25) is 13.9 Å². The van der Waals surface area contributed by atoms with Crippen LogP contribution in [0, 0.1) is 0 Å². The third kappa shape index (κ3) is 8.57. The second kappa shape index (κ2) is 14.2. The zero-order valence-corrected chi connectivity index (χ0v) is 24.6. The topological polar surface area (TPSA) is 96.0 Å². The van der Waals surface area contributed by atoms with Crippen LogP contribution in [0.25, 0.3) is 0 Å². The SMILES string of the molecule is CC[C@H](C(=O)NC1CCCCC1)N(Cc1ccccc1)C(=O)CN(c1ccc(Oc2ccccc2)cc1)S(C)(=O)=O. The van der Waals surface area contributed by atoms with E-state index in [2.05, 4.69) is 5.32 Å². The molecule has 0 radical (unpaired) electrons. The van der Waals surface area contributed by atoms with Gasteiger partial charge in [-0.25, -0.2) is 8.42 Å². The maximum absolute atomic E-state index is 13.9. The third-order valence-electron chi connectivity index (χ3n) is 7.32. The van der Waals surface area contributed by atoms with Crippen LogP contribution in [0.1, 0.15) is 51.0 Å². The van der Waals surface area contributed by atoms with Crippen LogP contribution in [-0.4, -0.2) is 50.0 Å². The van der Waals surface area contributed by atoms with Crippen molar-refractivity contribution in [3.8, 4) is 11.5 Å². The summed E-state index contributed by atoms with van der Waals surface area (Å²) in [5.74, 6) is 0.548. The van der Waals surface area contributed by atoms with Crippen LogP contribution >= 0.6 is 0 Å². The molecule has 1 aliphatic rings. The van der Waals surface area contributed by atoms with Crippen LogP contribution in [0.5, 0.6) is 11.5 Å². The smallest absolute Gasteiger partial charge is 0.244 e. The highest BCUT2D eigenvalue weighted by Crippen LogP contribution is 2.26. The van der Waals surface area contributed by atoms with Crippen molar-refractivity contribution in [2.24, 2.45) is 0 Å². The van der Waals surface area contributed by atoms with E-state index >= 15 is 0 Å². The first kappa shape index (κ1) is 30.1. The Morgan fingerprint density at radius 2 is 1.46 bits per heavy atom. The number of nitrogens with zero attached hydrogens (tertiary/aromatic N) is 2. The van der Waals surface area contributed by atoms with Crippen LogP contribution in [0.2, 0.25) is 0 Å². The second-order valence-electron chi connectivity index (χ2n) is 10.5. The number of rotatable bonds is 12. The largest absolute Gasteiger partial charge is 0.457 e. The summed E-state index contributed by atoms with van der Waals surface area (Å²) in [5.41, 5.74) is 1.19. The molecule has 1 fully saturated rings. The quantitative estimate of drug-likeness (QED) is 0.307. The highest BCUT2D eigenvalue weighted by Gasteiger charge is 2.32. The number of amides is 2. The summed E-state index contributed by atoms with van der Waals surface area (Å²) in [6, 6.07) is 24.6. The molecule has 0 aliphatic heterocycles. The van der Waals surface area contributed by atoms with Crippen LogP contribution in [0.4, 0.5) is 5.69 Å². The summed E-state index contributed by atoms with van der Waals surface area (Å²) >= 11 is 0. The van der Waals surface area contributed by atoms with Gasteiger partial charge in [-0.05, 0) is 61.2 Å². The fourth-order valence-corrected chi connectivity index (χ4v) is 6.01. The van der Waals surface area contributed by atoms with E-state index in [0.29, 0.717) is 23.6 Å². The Morgan fingerprint density at radius 3 is 2.05 bits per heavy atom. The Balaban J connectivity index is 1.56. The molecular formula is C32H39N3O5S. The highest BCUT2D eigenvalue weighted by atomic mass is 32.2. The molecule has 1 saturated carbocycles. The molecule has 4 rings (SSSR count). The van der Waals surface area contributed by atoms with Crippen molar-refractivity contribution in [2.45, 2.75) is 64.1 Å². The van der Waals surface area contributed by atoms with Crippen LogP contribution in [0.15, 0.2) is 84.9 Å². The molecule has 2 amide bonds. The standard InChI is InChI=1S/C32H39N3O5S/c1-3-30(32(37)33-26-15-9-5-10-16-26)34(23-25-13-7-4-8-14-25)31(36)24-35(41(2,38)39)27-19-21-29(22-20-27)40-28-17-11-6-12-18-28/h4,6-8,11-14,17-22,26,30H,3,5,9-10,15-16,23-24H2,1-2H3,(H,33,37)/t30-/m1/s1. The Kier molecular flexibility index (Phi) is 10.4. The minimum Gasteiger partial charge on any atom is -0.457 e. The van der Waals surface area contributed by atoms with E-state index in [-0.39, 0.29) is 18.5 Å². The van der Waals surface area contributed by atoms with E-state index in [4.69, 9.17) is 4.74 Å². The minimum atomic E-state index is -3.82. The predicted octanol–water partition coefficient (Wildman–Crippen LogP) is 5.50. The number of benzene rings is 3. The molecule has 9 heteroatoms. The van der Waals surface area contributed by atoms with Gasteiger partial charge in [-0.15, -0.1) is 0 Å². The Bertz CT molecular complexity index is 1380. The van der Waals surface area contributed by atoms with Gasteiger partial charge >= 0.3 is 0 Å². The lowest BCUT2D eigenvalue weighted by molar-refractivity contribution is -0.140. The van der Waals surface area contributed by atoms with Crippen molar-refractivity contribution in [1.82, 2.24) is 10.2 Å². The summed E-state index contributed by atoms with van der Waals surface area (Å²) in [4.78, 5) is 28.9. The lowest BCUT2D eigenvalue weighted by Crippen LogP contribution is -2.53. The second-order valence-corrected chi connectivity index (χ2v) is 12.4. The molecule has 41 heavy (non-hydrogen) atoms. The van der Waals surface area contributed by atoms with E-state index in [1.165, 1.54) is 11.3 Å². The molecule has 0 spiro atoms. The van der Waals surface area contributed by atoms with Gasteiger partial charge in [0.2, 0.25) is 21.8 Å². The molecule has 0 heterocycles. The first-order valence-corrected chi connectivity index (χ1v) is 16.0. The molecule has 1 N–H and O–H groups in total. The van der Waals surface area contributed by atoms with Gasteiger partial charge in [0.25, 0.3) is 0 Å². The molecule has 0 bridgehead atoms. The lowest BCUT2D eigenvalue weighted by Gasteiger charge is -2.34. The number of carbonyl (C=O) groups excluding carboxylic acids is 2. The molecule has 218 valence electrons. The first-order chi connectivity index (χ1) is 19.7. The molecule has 0 aromatic heterocycles. The van der Waals surface area contributed by atoms with E-state index < -0.39 is 28.5 Å². The predicted molar refractivity (Wildman–Crippen MR) is 161 cm³/mol. The lowest BCUT2D eigenvalue weighted by atomic mass is 9.95. The van der Waals surface area contributed by atoms with Crippen molar-refractivity contribution >= 4 is 27.5 Å². The summed E-state index contributed by atoms with van der Waals surface area (Å²) < 4.78 is 32.7. The van der Waals surface area contributed by atoms with Crippen LogP contribution < -0.4 is 14.4 Å². The van der Waals surface area contributed by atoms with E-state index in [1.807, 2.05) is 67.6 Å². The van der Waals surface area contributed by atoms with Gasteiger partial charge in [0.1, 0.15) is 24.1 Å². The Morgan fingerprint density at radius 1 is 0.878 bits per heavy atom. The van der Waals surface area contributed by atoms with Crippen molar-refractivity contribution < 1.29 is 22.7 Å². The molecule has 0 saturated heterocycles. The zero-order chi connectivity index (χ0) is 29.2. The molecule has 3 aromatic carbocycles. The maximum atomic E-state index is 13.9. The number of nitrogens with one attached hydrogen (secondary N) is 1. The normalized spacial score (nSPS) is 14.6. The molecule has 0 unspecified atom stereocenters. The Labute approximate surface area is 243 Å². The third-order valence-corrected chi connectivity index (χ3v) is 8.46. The van der Waals surface area contributed by atoms with Crippen molar-refractivity contribution in [1.29, 1.82) is 0 Å². The van der Waals surface area contributed by atoms with Gasteiger partial charge in [0, 0.05) is 12.6 Å². The van der Waals surface area contributed by atoms with E-state index in [1.54, 1.807) is 24.3 Å². The molecule has 1 atom stereocenters. The van der Waals surface area contributed by atoms with Gasteiger partial charge in [0.15, 0.2) is 0 Å². The van der Waals surface area contributed by atoms with Gasteiger partial charge in [-0.2, -0.15) is 0 Å². The maximum Gasteiger partial charge on any atom is 0.244 e. The van der Waals surface area contributed by atoms with Gasteiger partial charge < -0.3 is 15.0 Å². The molecule has 8 nitrogen and oxygen atoms in total. The van der Waals surface area contributed by atoms with Gasteiger partial charge in [0.05, 0.1) is 11.9 Å². The number of sulfonamides is 1. The van der Waals surface area contributed by atoms with E-state index in [9.17, 15) is 18.0 Å². The summed E-state index contributed by atoms with van der Waals surface area (Å²) in [5, 5.41) is 3.15. The van der Waals surface area contributed by atoms with Crippen molar-refractivity contribution in [3.63, 3.8) is 0 Å². The monoisotopic (exact) mass is 577 g/mol. The van der Waals surface area contributed by atoms with Crippen molar-refractivity contribution in [2.75, 3.05) is 17.1 Å². The Hall–Kier alpha value is -3.85. The minimum absolute atomic E-state index is 0.100. The van der Waals surface area contributed by atoms with Crippen LogP contribution in [0.3, 0.4) is 0 Å².